The molecule has 0 radical (unpaired) electrons. The van der Waals surface area contributed by atoms with Crippen molar-refractivity contribution in [1.29, 1.82) is 0 Å². The van der Waals surface area contributed by atoms with Crippen LogP contribution in [0.2, 0.25) is 0 Å². The van der Waals surface area contributed by atoms with Crippen LogP contribution < -0.4 is 0 Å². The fraction of sp³-hybridized carbons (Fsp3) is 0.550. The van der Waals surface area contributed by atoms with Crippen LogP contribution >= 0.6 is 0 Å². The van der Waals surface area contributed by atoms with Gasteiger partial charge >= 0.3 is 5.97 Å². The van der Waals surface area contributed by atoms with Crippen LogP contribution in [0.15, 0.2) is 24.4 Å². The first-order valence-corrected chi connectivity index (χ1v) is 8.68. The van der Waals surface area contributed by atoms with Gasteiger partial charge in [0.2, 0.25) is 0 Å². The number of carbonyl (C=O) groups is 1. The number of benzene rings is 1. The standard InChI is InChI=1S/C20H25NO2/c1-19-8-4-9-20(2,18(22)23-3)17(19)6-5-13-12-16-14(7-10-21-16)11-15(13)19/h7,10-12,17,21H,4-6,8-9H2,1-3H3/t17?,19-,20-/m1/s1. The Bertz CT molecular complexity index is 777. The average Bonchev–Trinajstić information content (AvgIpc) is 2.99. The van der Waals surface area contributed by atoms with E-state index in [9.17, 15) is 4.79 Å². The first kappa shape index (κ1) is 14.8. The number of esters is 1. The Morgan fingerprint density at radius 1 is 1.30 bits per heavy atom. The Morgan fingerprint density at radius 2 is 2.13 bits per heavy atom. The summed E-state index contributed by atoms with van der Waals surface area (Å²) in [5.41, 5.74) is 3.84. The van der Waals surface area contributed by atoms with Gasteiger partial charge in [-0.25, -0.2) is 0 Å². The predicted octanol–water partition coefficient (Wildman–Crippen LogP) is 4.35. The number of hydrogen-bond donors (Lipinski definition) is 1. The topological polar surface area (TPSA) is 42.1 Å². The van der Waals surface area contributed by atoms with E-state index in [-0.39, 0.29) is 16.8 Å². The average molecular weight is 311 g/mol. The molecule has 3 atom stereocenters. The SMILES string of the molecule is COC(=O)[C@]1(C)CCC[C@]2(C)c3cc4cc[nH]c4cc3CCC12. The molecule has 122 valence electrons. The van der Waals surface area contributed by atoms with Crippen LogP contribution in [0.5, 0.6) is 0 Å². The second-order valence-corrected chi connectivity index (χ2v) is 7.85. The summed E-state index contributed by atoms with van der Waals surface area (Å²) in [6.45, 7) is 4.50. The molecule has 3 nitrogen and oxygen atoms in total. The molecular weight excluding hydrogens is 286 g/mol. The highest BCUT2D eigenvalue weighted by Gasteiger charge is 2.55. The van der Waals surface area contributed by atoms with E-state index in [1.807, 2.05) is 6.20 Å². The van der Waals surface area contributed by atoms with Gasteiger partial charge in [0.05, 0.1) is 12.5 Å². The molecule has 3 heteroatoms. The summed E-state index contributed by atoms with van der Waals surface area (Å²) < 4.78 is 5.19. The summed E-state index contributed by atoms with van der Waals surface area (Å²) in [6.07, 6.45) is 7.33. The summed E-state index contributed by atoms with van der Waals surface area (Å²) in [5, 5.41) is 1.27. The Morgan fingerprint density at radius 3 is 2.91 bits per heavy atom. The van der Waals surface area contributed by atoms with Gasteiger partial charge in [-0.15, -0.1) is 0 Å². The van der Waals surface area contributed by atoms with Crippen LogP contribution in [0, 0.1) is 11.3 Å². The highest BCUT2D eigenvalue weighted by atomic mass is 16.5. The lowest BCUT2D eigenvalue weighted by atomic mass is 9.50. The lowest BCUT2D eigenvalue weighted by molar-refractivity contribution is -0.161. The fourth-order valence-corrected chi connectivity index (χ4v) is 5.50. The van der Waals surface area contributed by atoms with E-state index in [1.54, 1.807) is 0 Å². The van der Waals surface area contributed by atoms with Gasteiger partial charge in [-0.1, -0.05) is 13.3 Å². The molecule has 0 aliphatic heterocycles. The normalized spacial score (nSPS) is 33.1. The molecule has 23 heavy (non-hydrogen) atoms. The van der Waals surface area contributed by atoms with Gasteiger partial charge in [0.25, 0.3) is 0 Å². The quantitative estimate of drug-likeness (QED) is 0.796. The third-order valence-corrected chi connectivity index (χ3v) is 6.68. The number of nitrogens with one attached hydrogen (secondary N) is 1. The van der Waals surface area contributed by atoms with Gasteiger partial charge in [0.15, 0.2) is 0 Å². The van der Waals surface area contributed by atoms with E-state index in [2.05, 4.69) is 37.0 Å². The van der Waals surface area contributed by atoms with Crippen molar-refractivity contribution in [1.82, 2.24) is 4.98 Å². The molecule has 1 aromatic carbocycles. The Labute approximate surface area is 137 Å². The first-order valence-electron chi connectivity index (χ1n) is 8.68. The molecule has 1 N–H and O–H groups in total. The number of aromatic nitrogens is 1. The van der Waals surface area contributed by atoms with Gasteiger partial charge < -0.3 is 9.72 Å². The van der Waals surface area contributed by atoms with E-state index in [0.29, 0.717) is 5.92 Å². The van der Waals surface area contributed by atoms with Crippen LogP contribution in [-0.4, -0.2) is 18.1 Å². The lowest BCUT2D eigenvalue weighted by Crippen LogP contribution is -2.52. The number of hydrogen-bond acceptors (Lipinski definition) is 2. The highest BCUT2D eigenvalue weighted by Crippen LogP contribution is 2.57. The fourth-order valence-electron chi connectivity index (χ4n) is 5.50. The number of aromatic amines is 1. The van der Waals surface area contributed by atoms with Crippen LogP contribution in [0.25, 0.3) is 10.9 Å². The lowest BCUT2D eigenvalue weighted by Gasteiger charge is -2.54. The zero-order valence-corrected chi connectivity index (χ0v) is 14.2. The van der Waals surface area contributed by atoms with E-state index < -0.39 is 0 Å². The Balaban J connectivity index is 1.87. The number of rotatable bonds is 1. The van der Waals surface area contributed by atoms with Gasteiger partial charge in [0, 0.05) is 11.7 Å². The van der Waals surface area contributed by atoms with Crippen molar-refractivity contribution in [3.63, 3.8) is 0 Å². The zero-order chi connectivity index (χ0) is 16.2. The summed E-state index contributed by atoms with van der Waals surface area (Å²) in [7, 11) is 1.53. The molecule has 0 bridgehead atoms. The van der Waals surface area contributed by atoms with Crippen LogP contribution in [0.1, 0.15) is 50.7 Å². The molecule has 0 spiro atoms. The molecule has 1 fully saturated rings. The van der Waals surface area contributed by atoms with Crippen LogP contribution in [-0.2, 0) is 21.4 Å². The van der Waals surface area contributed by atoms with Crippen molar-refractivity contribution in [2.45, 2.75) is 51.4 Å². The van der Waals surface area contributed by atoms with E-state index >= 15 is 0 Å². The molecule has 4 rings (SSSR count). The molecule has 1 heterocycles. The summed E-state index contributed by atoms with van der Waals surface area (Å²) in [5.74, 6) is 0.333. The smallest absolute Gasteiger partial charge is 0.311 e. The van der Waals surface area contributed by atoms with Crippen molar-refractivity contribution < 1.29 is 9.53 Å². The summed E-state index contributed by atoms with van der Waals surface area (Å²) in [4.78, 5) is 15.9. The van der Waals surface area contributed by atoms with E-state index in [1.165, 1.54) is 29.1 Å². The monoisotopic (exact) mass is 311 g/mol. The first-order chi connectivity index (χ1) is 11.0. The molecule has 0 saturated heterocycles. The maximum atomic E-state index is 12.5. The Kier molecular flexibility index (Phi) is 3.13. The van der Waals surface area contributed by atoms with Crippen molar-refractivity contribution in [2.24, 2.45) is 11.3 Å². The number of carbonyl (C=O) groups excluding carboxylic acids is 1. The molecule has 2 aromatic rings. The number of H-pyrrole nitrogens is 1. The molecule has 1 unspecified atom stereocenters. The van der Waals surface area contributed by atoms with Crippen LogP contribution in [0.4, 0.5) is 0 Å². The van der Waals surface area contributed by atoms with Crippen molar-refractivity contribution in [3.8, 4) is 0 Å². The summed E-state index contributed by atoms with van der Waals surface area (Å²) in [6, 6.07) is 6.82. The second kappa shape index (κ2) is 4.86. The maximum absolute atomic E-state index is 12.5. The highest BCUT2D eigenvalue weighted by molar-refractivity contribution is 5.82. The van der Waals surface area contributed by atoms with Crippen molar-refractivity contribution in [3.05, 3.63) is 35.5 Å². The minimum absolute atomic E-state index is 0.0282. The molecule has 0 amide bonds. The van der Waals surface area contributed by atoms with Crippen molar-refractivity contribution >= 4 is 16.9 Å². The predicted molar refractivity (Wildman–Crippen MR) is 91.4 cm³/mol. The van der Waals surface area contributed by atoms with Gasteiger partial charge in [-0.2, -0.15) is 0 Å². The van der Waals surface area contributed by atoms with Gasteiger partial charge in [-0.3, -0.25) is 4.79 Å². The molecule has 1 saturated carbocycles. The minimum Gasteiger partial charge on any atom is -0.469 e. The molecule has 1 aromatic heterocycles. The third kappa shape index (κ3) is 1.92. The number of ether oxygens (including phenoxy) is 1. The number of aryl methyl sites for hydroxylation is 1. The number of fused-ring (bicyclic) bond motifs is 4. The second-order valence-electron chi connectivity index (χ2n) is 7.85. The number of methoxy groups -OCH3 is 1. The van der Waals surface area contributed by atoms with E-state index in [0.717, 1.165) is 32.1 Å². The molecule has 2 aliphatic rings. The van der Waals surface area contributed by atoms with Gasteiger partial charge in [-0.05, 0) is 78.7 Å². The van der Waals surface area contributed by atoms with Crippen molar-refractivity contribution in [2.75, 3.05) is 7.11 Å². The third-order valence-electron chi connectivity index (χ3n) is 6.68. The van der Waals surface area contributed by atoms with E-state index in [4.69, 9.17) is 4.74 Å². The zero-order valence-electron chi connectivity index (χ0n) is 14.2. The van der Waals surface area contributed by atoms with Crippen LogP contribution in [0.3, 0.4) is 0 Å². The minimum atomic E-state index is -0.355. The molecular formula is C20H25NO2. The Hall–Kier alpha value is -1.77. The summed E-state index contributed by atoms with van der Waals surface area (Å²) >= 11 is 0. The maximum Gasteiger partial charge on any atom is 0.311 e. The molecule has 2 aliphatic carbocycles. The van der Waals surface area contributed by atoms with Gasteiger partial charge in [0.1, 0.15) is 0 Å². The largest absolute Gasteiger partial charge is 0.469 e.